The van der Waals surface area contributed by atoms with Crippen molar-refractivity contribution < 1.29 is 0 Å². The van der Waals surface area contributed by atoms with Crippen LogP contribution in [0.2, 0.25) is 0 Å². The zero-order valence-electron chi connectivity index (χ0n) is 6.80. The summed E-state index contributed by atoms with van der Waals surface area (Å²) in [5.74, 6) is 0. The summed E-state index contributed by atoms with van der Waals surface area (Å²) in [5.41, 5.74) is 0.775. The van der Waals surface area contributed by atoms with Crippen LogP contribution in [0.4, 0.5) is 0 Å². The van der Waals surface area contributed by atoms with Crippen molar-refractivity contribution in [3.05, 3.63) is 25.7 Å². The maximum Gasteiger partial charge on any atom is 0.325 e. The molecule has 68 valence electrons. The molecule has 0 aliphatic heterocycles. The van der Waals surface area contributed by atoms with E-state index in [0.717, 1.165) is 22.0 Å². The van der Waals surface area contributed by atoms with Crippen LogP contribution < -0.4 is 4.87 Å². The van der Waals surface area contributed by atoms with Gasteiger partial charge in [0.05, 0.1) is 12.2 Å². The van der Waals surface area contributed by atoms with E-state index < -0.39 is 0 Å². The minimum atomic E-state index is -0.0505. The van der Waals surface area contributed by atoms with Crippen LogP contribution in [-0.4, -0.2) is 19.4 Å². The Labute approximate surface area is 81.8 Å². The number of aryl methyl sites for hydroxylation is 1. The van der Waals surface area contributed by atoms with E-state index in [-0.39, 0.29) is 4.87 Å². The lowest BCUT2D eigenvalue weighted by Crippen LogP contribution is -2.15. The SMILES string of the molecule is Cc1nn(Cc2csnn2)c(=O)s1. The van der Waals surface area contributed by atoms with E-state index in [1.165, 1.54) is 16.2 Å². The second-order valence-corrected chi connectivity index (χ2v) is 4.19. The summed E-state index contributed by atoms with van der Waals surface area (Å²) < 4.78 is 5.11. The first-order chi connectivity index (χ1) is 6.25. The van der Waals surface area contributed by atoms with Crippen LogP contribution in [0.25, 0.3) is 0 Å². The van der Waals surface area contributed by atoms with Crippen molar-refractivity contribution in [3.63, 3.8) is 0 Å². The molecule has 0 spiro atoms. The average Bonchev–Trinajstić information content (AvgIpc) is 2.63. The Morgan fingerprint density at radius 1 is 1.62 bits per heavy atom. The lowest BCUT2D eigenvalue weighted by atomic mass is 10.5. The second-order valence-electron chi connectivity index (χ2n) is 2.44. The standard InChI is InChI=1S/C6H6N4OS2/c1-4-8-10(6(11)13-4)2-5-3-12-9-7-5/h3H,2H2,1H3. The highest BCUT2D eigenvalue weighted by atomic mass is 32.1. The first-order valence-corrected chi connectivity index (χ1v) is 5.21. The van der Waals surface area contributed by atoms with Crippen molar-refractivity contribution in [1.29, 1.82) is 0 Å². The van der Waals surface area contributed by atoms with Crippen molar-refractivity contribution in [2.75, 3.05) is 0 Å². The molecule has 5 nitrogen and oxygen atoms in total. The van der Waals surface area contributed by atoms with Gasteiger partial charge in [0.15, 0.2) is 0 Å². The lowest BCUT2D eigenvalue weighted by Gasteiger charge is -1.92. The molecule has 2 aromatic heterocycles. The average molecular weight is 214 g/mol. The summed E-state index contributed by atoms with van der Waals surface area (Å²) in [6, 6.07) is 0. The Kier molecular flexibility index (Phi) is 2.19. The zero-order valence-corrected chi connectivity index (χ0v) is 8.43. The molecule has 0 aromatic carbocycles. The molecule has 2 heterocycles. The first-order valence-electron chi connectivity index (χ1n) is 3.56. The maximum absolute atomic E-state index is 11.2. The van der Waals surface area contributed by atoms with Gasteiger partial charge in [-0.05, 0) is 18.5 Å². The fourth-order valence-electron chi connectivity index (χ4n) is 0.917. The van der Waals surface area contributed by atoms with Gasteiger partial charge in [-0.15, -0.1) is 5.10 Å². The Balaban J connectivity index is 2.28. The third-order valence-electron chi connectivity index (χ3n) is 1.42. The summed E-state index contributed by atoms with van der Waals surface area (Å²) in [6.45, 7) is 2.22. The molecule has 0 amide bonds. The highest BCUT2D eigenvalue weighted by Crippen LogP contribution is 2.00. The Morgan fingerprint density at radius 3 is 3.00 bits per heavy atom. The fraction of sp³-hybridized carbons (Fsp3) is 0.333. The number of rotatable bonds is 2. The second kappa shape index (κ2) is 3.35. The van der Waals surface area contributed by atoms with Crippen LogP contribution >= 0.6 is 22.9 Å². The van der Waals surface area contributed by atoms with Gasteiger partial charge in [-0.25, -0.2) is 4.68 Å². The van der Waals surface area contributed by atoms with E-state index in [1.54, 1.807) is 5.38 Å². The van der Waals surface area contributed by atoms with E-state index in [4.69, 9.17) is 0 Å². The van der Waals surface area contributed by atoms with Crippen molar-refractivity contribution in [2.24, 2.45) is 0 Å². The number of nitrogens with zero attached hydrogens (tertiary/aromatic N) is 4. The summed E-state index contributed by atoms with van der Waals surface area (Å²) in [6.07, 6.45) is 0. The van der Waals surface area contributed by atoms with Crippen molar-refractivity contribution in [1.82, 2.24) is 19.4 Å². The van der Waals surface area contributed by atoms with Gasteiger partial charge in [0.1, 0.15) is 5.01 Å². The maximum atomic E-state index is 11.2. The van der Waals surface area contributed by atoms with Crippen molar-refractivity contribution in [3.8, 4) is 0 Å². The topological polar surface area (TPSA) is 60.7 Å². The highest BCUT2D eigenvalue weighted by molar-refractivity contribution is 7.08. The Morgan fingerprint density at radius 2 is 2.46 bits per heavy atom. The van der Waals surface area contributed by atoms with Crippen LogP contribution in [0.5, 0.6) is 0 Å². The number of aromatic nitrogens is 4. The van der Waals surface area contributed by atoms with Crippen molar-refractivity contribution in [2.45, 2.75) is 13.5 Å². The third-order valence-corrected chi connectivity index (χ3v) is 2.74. The minimum Gasteiger partial charge on any atom is -0.255 e. The summed E-state index contributed by atoms with van der Waals surface area (Å²) in [5, 5.41) is 10.5. The zero-order chi connectivity index (χ0) is 9.26. The largest absolute Gasteiger partial charge is 0.325 e. The molecule has 0 unspecified atom stereocenters. The Bertz CT molecular complexity index is 443. The van der Waals surface area contributed by atoms with E-state index in [9.17, 15) is 4.79 Å². The van der Waals surface area contributed by atoms with Gasteiger partial charge in [0.2, 0.25) is 0 Å². The van der Waals surface area contributed by atoms with Gasteiger partial charge in [-0.3, -0.25) is 4.79 Å². The van der Waals surface area contributed by atoms with Gasteiger partial charge in [0, 0.05) is 5.38 Å². The summed E-state index contributed by atoms with van der Waals surface area (Å²) in [4.78, 5) is 11.2. The van der Waals surface area contributed by atoms with Gasteiger partial charge in [-0.1, -0.05) is 15.8 Å². The molecule has 0 aliphatic carbocycles. The quantitative estimate of drug-likeness (QED) is 0.731. The molecule has 0 atom stereocenters. The van der Waals surface area contributed by atoms with E-state index >= 15 is 0 Å². The molecule has 0 radical (unpaired) electrons. The smallest absolute Gasteiger partial charge is 0.255 e. The van der Waals surface area contributed by atoms with Crippen molar-refractivity contribution >= 4 is 22.9 Å². The molecule has 2 aromatic rings. The summed E-state index contributed by atoms with van der Waals surface area (Å²) in [7, 11) is 0. The number of hydrogen-bond donors (Lipinski definition) is 0. The van der Waals surface area contributed by atoms with Crippen LogP contribution in [0.1, 0.15) is 10.7 Å². The summed E-state index contributed by atoms with van der Waals surface area (Å²) >= 11 is 2.41. The normalized spacial score (nSPS) is 10.5. The van der Waals surface area contributed by atoms with E-state index in [2.05, 4.69) is 14.7 Å². The van der Waals surface area contributed by atoms with E-state index in [1.807, 2.05) is 6.92 Å². The molecule has 7 heteroatoms. The molecule has 0 saturated heterocycles. The fourth-order valence-corrected chi connectivity index (χ4v) is 1.96. The van der Waals surface area contributed by atoms with Crippen LogP contribution in [0, 0.1) is 6.92 Å². The van der Waals surface area contributed by atoms with Gasteiger partial charge in [0.25, 0.3) is 0 Å². The predicted molar refractivity (Wildman–Crippen MR) is 50.1 cm³/mol. The monoisotopic (exact) mass is 214 g/mol. The minimum absolute atomic E-state index is 0.0505. The molecule has 2 rings (SSSR count). The van der Waals surface area contributed by atoms with Gasteiger partial charge >= 0.3 is 4.87 Å². The molecule has 0 fully saturated rings. The van der Waals surface area contributed by atoms with Crippen LogP contribution in [0.15, 0.2) is 10.2 Å². The molecular formula is C6H6N4OS2. The number of hydrogen-bond acceptors (Lipinski definition) is 6. The Hall–Kier alpha value is -1.08. The van der Waals surface area contributed by atoms with Gasteiger partial charge < -0.3 is 0 Å². The molecule has 0 bridgehead atoms. The predicted octanol–water partition coefficient (Wildman–Crippen LogP) is 0.513. The van der Waals surface area contributed by atoms with Crippen LogP contribution in [-0.2, 0) is 6.54 Å². The molecular weight excluding hydrogens is 208 g/mol. The molecule has 0 aliphatic rings. The molecule has 0 saturated carbocycles. The molecule has 13 heavy (non-hydrogen) atoms. The van der Waals surface area contributed by atoms with Gasteiger partial charge in [-0.2, -0.15) is 5.10 Å². The lowest BCUT2D eigenvalue weighted by molar-refractivity contribution is 0.645. The van der Waals surface area contributed by atoms with E-state index in [0.29, 0.717) is 6.54 Å². The third kappa shape index (κ3) is 1.81. The molecule has 0 N–H and O–H groups in total. The van der Waals surface area contributed by atoms with Crippen LogP contribution in [0.3, 0.4) is 0 Å². The first kappa shape index (κ1) is 8.52. The highest BCUT2D eigenvalue weighted by Gasteiger charge is 2.04.